The van der Waals surface area contributed by atoms with Crippen molar-refractivity contribution in [3.8, 4) is 5.75 Å². The Morgan fingerprint density at radius 2 is 2.27 bits per heavy atom. The average Bonchev–Trinajstić information content (AvgIpc) is 2.47. The highest BCUT2D eigenvalue weighted by atomic mass is 19.1. The highest BCUT2D eigenvalue weighted by molar-refractivity contribution is 5.65. The summed E-state index contributed by atoms with van der Waals surface area (Å²) >= 11 is 0. The third-order valence-corrected chi connectivity index (χ3v) is 3.32. The molecule has 2 rings (SSSR count). The summed E-state index contributed by atoms with van der Waals surface area (Å²) < 4.78 is 24.2. The van der Waals surface area contributed by atoms with Crippen molar-refractivity contribution in [3.63, 3.8) is 0 Å². The van der Waals surface area contributed by atoms with Crippen LogP contribution in [0.15, 0.2) is 18.2 Å². The summed E-state index contributed by atoms with van der Waals surface area (Å²) in [7, 11) is 0. The first-order valence-corrected chi connectivity index (χ1v) is 6.95. The van der Waals surface area contributed by atoms with Gasteiger partial charge in [-0.3, -0.25) is 20.2 Å². The number of rotatable bonds is 5. The molecule has 1 aliphatic rings. The van der Waals surface area contributed by atoms with Gasteiger partial charge in [0, 0.05) is 19.0 Å². The molecule has 0 aromatic heterocycles. The number of ether oxygens (including phenoxy) is 2. The number of hydrogen-bond donors (Lipinski definition) is 1. The molecule has 8 heteroatoms. The van der Waals surface area contributed by atoms with Crippen LogP contribution in [0.1, 0.15) is 26.2 Å². The van der Waals surface area contributed by atoms with E-state index in [1.807, 2.05) is 0 Å². The number of non-ortho nitro benzene ring substituents is 1. The van der Waals surface area contributed by atoms with Crippen molar-refractivity contribution < 1.29 is 23.6 Å². The fraction of sp³-hybridized carbons (Fsp3) is 0.500. The van der Waals surface area contributed by atoms with Crippen molar-refractivity contribution in [2.45, 2.75) is 38.5 Å². The van der Waals surface area contributed by atoms with E-state index in [-0.39, 0.29) is 30.1 Å². The van der Waals surface area contributed by atoms with E-state index in [0.717, 1.165) is 18.9 Å². The minimum atomic E-state index is -0.780. The second-order valence-electron chi connectivity index (χ2n) is 5.08. The zero-order valence-corrected chi connectivity index (χ0v) is 12.1. The lowest BCUT2D eigenvalue weighted by atomic mass is 10.0. The Balaban J connectivity index is 1.95. The standard InChI is InChI=1S/C14H17FN2O5/c1-9(18)21-8-10-3-2-4-14(16-10)22-13-6-5-11(17(19)20)7-12(13)15/h5-7,10,14,16H,2-4,8H2,1H3/t10-,14+/m1/s1. The number of carbonyl (C=O) groups is 1. The summed E-state index contributed by atoms with van der Waals surface area (Å²) in [6.45, 7) is 1.57. The maximum absolute atomic E-state index is 13.8. The molecule has 0 spiro atoms. The lowest BCUT2D eigenvalue weighted by molar-refractivity contribution is -0.385. The zero-order valence-electron chi connectivity index (χ0n) is 12.1. The first-order chi connectivity index (χ1) is 10.5. The maximum atomic E-state index is 13.8. The van der Waals surface area contributed by atoms with Crippen LogP contribution in [-0.4, -0.2) is 29.8 Å². The number of nitrogens with zero attached hydrogens (tertiary/aromatic N) is 1. The Labute approximate surface area is 126 Å². The van der Waals surface area contributed by atoms with E-state index in [1.54, 1.807) is 0 Å². The Bertz CT molecular complexity index is 566. The fourth-order valence-corrected chi connectivity index (χ4v) is 2.27. The van der Waals surface area contributed by atoms with Crippen molar-refractivity contribution in [2.24, 2.45) is 0 Å². The second-order valence-corrected chi connectivity index (χ2v) is 5.08. The van der Waals surface area contributed by atoms with Gasteiger partial charge in [-0.25, -0.2) is 4.39 Å². The minimum absolute atomic E-state index is 0.0452. The van der Waals surface area contributed by atoms with Crippen LogP contribution in [0.3, 0.4) is 0 Å². The number of nitrogens with one attached hydrogen (secondary N) is 1. The molecule has 1 heterocycles. The topological polar surface area (TPSA) is 90.7 Å². The molecule has 1 fully saturated rings. The van der Waals surface area contributed by atoms with Gasteiger partial charge in [-0.2, -0.15) is 0 Å². The first kappa shape index (κ1) is 16.2. The summed E-state index contributed by atoms with van der Waals surface area (Å²) in [5.41, 5.74) is -0.325. The van der Waals surface area contributed by atoms with Gasteiger partial charge in [0.25, 0.3) is 5.69 Å². The molecule has 1 aliphatic heterocycles. The van der Waals surface area contributed by atoms with Gasteiger partial charge in [0.1, 0.15) is 6.61 Å². The van der Waals surface area contributed by atoms with Gasteiger partial charge in [-0.05, 0) is 25.3 Å². The zero-order chi connectivity index (χ0) is 16.1. The van der Waals surface area contributed by atoms with Crippen LogP contribution in [0.4, 0.5) is 10.1 Å². The molecule has 1 aromatic carbocycles. The molecule has 0 amide bonds. The maximum Gasteiger partial charge on any atom is 0.302 e. The van der Waals surface area contributed by atoms with Crippen LogP contribution in [0.25, 0.3) is 0 Å². The smallest absolute Gasteiger partial charge is 0.302 e. The number of nitro benzene ring substituents is 1. The summed E-state index contributed by atoms with van der Waals surface area (Å²) in [6.07, 6.45) is 1.92. The largest absolute Gasteiger partial charge is 0.472 e. The van der Waals surface area contributed by atoms with Gasteiger partial charge in [-0.1, -0.05) is 0 Å². The van der Waals surface area contributed by atoms with Gasteiger partial charge >= 0.3 is 5.97 Å². The highest BCUT2D eigenvalue weighted by Gasteiger charge is 2.24. The van der Waals surface area contributed by atoms with Crippen molar-refractivity contribution in [1.82, 2.24) is 5.32 Å². The third-order valence-electron chi connectivity index (χ3n) is 3.32. The van der Waals surface area contributed by atoms with Gasteiger partial charge in [0.15, 0.2) is 17.8 Å². The van der Waals surface area contributed by atoms with Crippen LogP contribution in [0, 0.1) is 15.9 Å². The fourth-order valence-electron chi connectivity index (χ4n) is 2.27. The number of benzene rings is 1. The number of hydrogen-bond acceptors (Lipinski definition) is 6. The van der Waals surface area contributed by atoms with Gasteiger partial charge in [0.2, 0.25) is 0 Å². The van der Waals surface area contributed by atoms with Crippen molar-refractivity contribution >= 4 is 11.7 Å². The van der Waals surface area contributed by atoms with Crippen LogP contribution < -0.4 is 10.1 Å². The Morgan fingerprint density at radius 1 is 1.50 bits per heavy atom. The Morgan fingerprint density at radius 3 is 2.91 bits per heavy atom. The average molecular weight is 312 g/mol. The molecule has 120 valence electrons. The summed E-state index contributed by atoms with van der Waals surface area (Å²) in [5.74, 6) is -1.18. The molecule has 1 N–H and O–H groups in total. The van der Waals surface area contributed by atoms with E-state index >= 15 is 0 Å². The number of piperidine rings is 1. The van der Waals surface area contributed by atoms with E-state index in [9.17, 15) is 19.3 Å². The lowest BCUT2D eigenvalue weighted by Crippen LogP contribution is -2.47. The molecule has 0 bridgehead atoms. The van der Waals surface area contributed by atoms with Crippen molar-refractivity contribution in [2.75, 3.05) is 6.61 Å². The number of carbonyl (C=O) groups excluding carboxylic acids is 1. The van der Waals surface area contributed by atoms with Gasteiger partial charge in [-0.15, -0.1) is 0 Å². The molecule has 0 unspecified atom stereocenters. The quantitative estimate of drug-likeness (QED) is 0.509. The Kier molecular flexibility index (Phi) is 5.26. The molecular formula is C14H17FN2O5. The summed E-state index contributed by atoms with van der Waals surface area (Å²) in [4.78, 5) is 20.7. The van der Waals surface area contributed by atoms with Gasteiger partial charge < -0.3 is 9.47 Å². The SMILES string of the molecule is CC(=O)OC[C@H]1CCC[C@H](Oc2ccc([N+](=O)[O-])cc2F)N1. The van der Waals surface area contributed by atoms with Gasteiger partial charge in [0.05, 0.1) is 11.0 Å². The monoisotopic (exact) mass is 312 g/mol. The Hall–Kier alpha value is -2.22. The van der Waals surface area contributed by atoms with E-state index in [2.05, 4.69) is 5.32 Å². The number of nitro groups is 1. The highest BCUT2D eigenvalue weighted by Crippen LogP contribution is 2.25. The normalized spacial score (nSPS) is 21.2. The van der Waals surface area contributed by atoms with Crippen LogP contribution in [0.5, 0.6) is 5.75 Å². The minimum Gasteiger partial charge on any atom is -0.472 e. The van der Waals surface area contributed by atoms with Crippen molar-refractivity contribution in [1.29, 1.82) is 0 Å². The molecule has 1 saturated heterocycles. The number of esters is 1. The van der Waals surface area contributed by atoms with E-state index in [0.29, 0.717) is 6.42 Å². The molecule has 0 saturated carbocycles. The van der Waals surface area contributed by atoms with E-state index in [4.69, 9.17) is 9.47 Å². The van der Waals surface area contributed by atoms with Crippen molar-refractivity contribution in [3.05, 3.63) is 34.1 Å². The molecule has 22 heavy (non-hydrogen) atoms. The molecule has 0 radical (unpaired) electrons. The summed E-state index contributed by atoms with van der Waals surface area (Å²) in [6, 6.07) is 3.21. The van der Waals surface area contributed by atoms with Crippen LogP contribution in [-0.2, 0) is 9.53 Å². The molecular weight excluding hydrogens is 295 g/mol. The lowest BCUT2D eigenvalue weighted by Gasteiger charge is -2.30. The van der Waals surface area contributed by atoms with E-state index < -0.39 is 17.0 Å². The third kappa shape index (κ3) is 4.39. The predicted octanol–water partition coefficient (Wildman–Crippen LogP) is 2.14. The van der Waals surface area contributed by atoms with Crippen LogP contribution >= 0.6 is 0 Å². The molecule has 2 atom stereocenters. The predicted molar refractivity (Wildman–Crippen MR) is 74.9 cm³/mol. The number of halogens is 1. The molecule has 0 aliphatic carbocycles. The van der Waals surface area contributed by atoms with E-state index in [1.165, 1.54) is 19.1 Å². The first-order valence-electron chi connectivity index (χ1n) is 6.95. The molecule has 1 aromatic rings. The second kappa shape index (κ2) is 7.17. The van der Waals surface area contributed by atoms with Crippen LogP contribution in [0.2, 0.25) is 0 Å². The molecule has 7 nitrogen and oxygen atoms in total. The summed E-state index contributed by atoms with van der Waals surface area (Å²) in [5, 5.41) is 13.7.